The summed E-state index contributed by atoms with van der Waals surface area (Å²) in [4.78, 5) is 18.9. The van der Waals surface area contributed by atoms with Crippen molar-refractivity contribution in [3.05, 3.63) is 54.4 Å². The van der Waals surface area contributed by atoms with Gasteiger partial charge in [-0.05, 0) is 24.3 Å². The molecule has 0 N–H and O–H groups in total. The van der Waals surface area contributed by atoms with Crippen molar-refractivity contribution in [2.45, 2.75) is 13.1 Å². The summed E-state index contributed by atoms with van der Waals surface area (Å²) in [6, 6.07) is 15.4. The number of hydrogen-bond acceptors (Lipinski definition) is 4. The summed E-state index contributed by atoms with van der Waals surface area (Å²) >= 11 is 0. The van der Waals surface area contributed by atoms with Crippen LogP contribution in [0.15, 0.2) is 48.5 Å². The number of fused-ring (bicyclic) bond motifs is 3. The van der Waals surface area contributed by atoms with E-state index in [2.05, 4.69) is 15.6 Å². The van der Waals surface area contributed by atoms with E-state index < -0.39 is 0 Å². The van der Waals surface area contributed by atoms with Gasteiger partial charge < -0.3 is 18.9 Å². The van der Waals surface area contributed by atoms with Gasteiger partial charge in [-0.15, -0.1) is 0 Å². The van der Waals surface area contributed by atoms with E-state index in [9.17, 15) is 4.79 Å². The number of amides is 1. The number of carbonyl (C=O) groups is 1. The molecule has 1 aliphatic rings. The van der Waals surface area contributed by atoms with Gasteiger partial charge in [-0.25, -0.2) is 4.98 Å². The molecule has 0 radical (unpaired) electrons. The lowest BCUT2D eigenvalue weighted by atomic mass is 10.3. The first kappa shape index (κ1) is 15.5. The van der Waals surface area contributed by atoms with Crippen LogP contribution in [-0.4, -0.2) is 40.6 Å². The first-order valence-electron chi connectivity index (χ1n) is 8.24. The number of carbonyl (C=O) groups excluding carboxylic acids is 1. The summed E-state index contributed by atoms with van der Waals surface area (Å²) < 4.78 is 13.1. The molecule has 2 heterocycles. The van der Waals surface area contributed by atoms with E-state index >= 15 is 0 Å². The van der Waals surface area contributed by atoms with Crippen LogP contribution in [0, 0.1) is 0 Å². The highest BCUT2D eigenvalue weighted by Crippen LogP contribution is 2.26. The number of hydrogen-bond donors (Lipinski definition) is 0. The zero-order chi connectivity index (χ0) is 17.2. The van der Waals surface area contributed by atoms with Crippen molar-refractivity contribution >= 4 is 16.9 Å². The van der Waals surface area contributed by atoms with E-state index in [4.69, 9.17) is 9.47 Å². The van der Waals surface area contributed by atoms with Gasteiger partial charge in [-0.2, -0.15) is 0 Å². The van der Waals surface area contributed by atoms with E-state index in [-0.39, 0.29) is 12.5 Å². The van der Waals surface area contributed by atoms with Crippen molar-refractivity contribution < 1.29 is 14.3 Å². The number of benzene rings is 2. The number of rotatable bonds is 4. The Labute approximate surface area is 145 Å². The maximum Gasteiger partial charge on any atom is 0.260 e. The fraction of sp³-hybridized carbons (Fsp3) is 0.263. The molecule has 25 heavy (non-hydrogen) atoms. The lowest BCUT2D eigenvalue weighted by molar-refractivity contribution is -0.134. The minimum absolute atomic E-state index is 0.0133. The molecule has 4 rings (SSSR count). The van der Waals surface area contributed by atoms with Crippen molar-refractivity contribution in [2.24, 2.45) is 0 Å². The third-order valence-electron chi connectivity index (χ3n) is 4.43. The van der Waals surface area contributed by atoms with Crippen LogP contribution >= 0.6 is 0 Å². The van der Waals surface area contributed by atoms with Gasteiger partial charge in [0.2, 0.25) is 0 Å². The van der Waals surface area contributed by atoms with Crippen molar-refractivity contribution in [2.75, 3.05) is 20.3 Å². The summed E-state index contributed by atoms with van der Waals surface area (Å²) in [5.74, 6) is 2.06. The molecule has 2 aromatic carbocycles. The third kappa shape index (κ3) is 2.91. The molecular weight excluding hydrogens is 318 g/mol. The zero-order valence-corrected chi connectivity index (χ0v) is 14.0. The minimum atomic E-state index is -0.0517. The minimum Gasteiger partial charge on any atom is -0.493 e. The molecule has 0 fully saturated rings. The van der Waals surface area contributed by atoms with Crippen molar-refractivity contribution in [1.29, 1.82) is 0 Å². The summed E-state index contributed by atoms with van der Waals surface area (Å²) in [5.41, 5.74) is 2.09. The molecule has 3 aromatic rings. The van der Waals surface area contributed by atoms with Crippen LogP contribution in [0.4, 0.5) is 0 Å². The molecule has 0 unspecified atom stereocenters. The Balaban J connectivity index is 1.45. The Kier molecular flexibility index (Phi) is 4.01. The van der Waals surface area contributed by atoms with E-state index in [0.29, 0.717) is 24.6 Å². The molecule has 1 amide bonds. The monoisotopic (exact) mass is 337 g/mol. The van der Waals surface area contributed by atoms with Gasteiger partial charge in [0.25, 0.3) is 5.91 Å². The fourth-order valence-corrected chi connectivity index (χ4v) is 3.15. The summed E-state index contributed by atoms with van der Waals surface area (Å²) in [6.07, 6.45) is 0. The molecule has 0 saturated heterocycles. The molecule has 6 heteroatoms. The lowest BCUT2D eigenvalue weighted by Crippen LogP contribution is -2.40. The molecule has 1 aromatic heterocycles. The first-order chi connectivity index (χ1) is 12.3. The van der Waals surface area contributed by atoms with Crippen molar-refractivity contribution in [3.63, 3.8) is 0 Å². The second-order valence-corrected chi connectivity index (χ2v) is 5.92. The molecule has 1 aliphatic heterocycles. The maximum atomic E-state index is 12.5. The highest BCUT2D eigenvalue weighted by atomic mass is 16.5. The topological polar surface area (TPSA) is 56.6 Å². The number of methoxy groups -OCH3 is 1. The molecule has 128 valence electrons. The van der Waals surface area contributed by atoms with Crippen LogP contribution in [0.3, 0.4) is 0 Å². The predicted molar refractivity (Wildman–Crippen MR) is 93.6 cm³/mol. The van der Waals surface area contributed by atoms with Crippen LogP contribution in [0.25, 0.3) is 11.0 Å². The average molecular weight is 337 g/mol. The van der Waals surface area contributed by atoms with Gasteiger partial charge in [0, 0.05) is 13.1 Å². The van der Waals surface area contributed by atoms with Gasteiger partial charge in [-0.1, -0.05) is 24.3 Å². The van der Waals surface area contributed by atoms with Gasteiger partial charge >= 0.3 is 0 Å². The third-order valence-corrected chi connectivity index (χ3v) is 4.43. The highest BCUT2D eigenvalue weighted by Gasteiger charge is 2.23. The SMILES string of the molecule is COc1ccccc1OCC(=O)N1CCn2c(nc3ccccc32)C1. The average Bonchev–Trinajstić information content (AvgIpc) is 3.04. The molecule has 0 aliphatic carbocycles. The quantitative estimate of drug-likeness (QED) is 0.734. The largest absolute Gasteiger partial charge is 0.493 e. The van der Waals surface area contributed by atoms with Gasteiger partial charge in [0.1, 0.15) is 5.82 Å². The Bertz CT molecular complexity index is 919. The summed E-state index contributed by atoms with van der Waals surface area (Å²) in [7, 11) is 1.58. The smallest absolute Gasteiger partial charge is 0.260 e. The lowest BCUT2D eigenvalue weighted by Gasteiger charge is -2.28. The maximum absolute atomic E-state index is 12.5. The van der Waals surface area contributed by atoms with Gasteiger partial charge in [0.05, 0.1) is 24.7 Å². The zero-order valence-electron chi connectivity index (χ0n) is 14.0. The molecule has 0 spiro atoms. The molecule has 0 bridgehead atoms. The Morgan fingerprint density at radius 2 is 1.84 bits per heavy atom. The summed E-state index contributed by atoms with van der Waals surface area (Å²) in [6.45, 7) is 1.89. The second kappa shape index (κ2) is 6.47. The van der Waals surface area contributed by atoms with E-state index in [0.717, 1.165) is 23.4 Å². The normalized spacial score (nSPS) is 13.6. The molecule has 0 saturated carbocycles. The first-order valence-corrected chi connectivity index (χ1v) is 8.24. The van der Waals surface area contributed by atoms with Crippen LogP contribution < -0.4 is 9.47 Å². The fourth-order valence-electron chi connectivity index (χ4n) is 3.15. The summed E-state index contributed by atoms with van der Waals surface area (Å²) in [5, 5.41) is 0. The van der Waals surface area contributed by atoms with Crippen molar-refractivity contribution in [3.8, 4) is 11.5 Å². The van der Waals surface area contributed by atoms with E-state index in [1.54, 1.807) is 18.1 Å². The second-order valence-electron chi connectivity index (χ2n) is 5.92. The number of imidazole rings is 1. The molecule has 6 nitrogen and oxygen atoms in total. The van der Waals surface area contributed by atoms with Crippen molar-refractivity contribution in [1.82, 2.24) is 14.5 Å². The number of nitrogens with zero attached hydrogens (tertiary/aromatic N) is 3. The number of para-hydroxylation sites is 4. The van der Waals surface area contributed by atoms with E-state index in [1.807, 2.05) is 36.4 Å². The van der Waals surface area contributed by atoms with Gasteiger partial charge in [-0.3, -0.25) is 4.79 Å². The molecular formula is C19H19N3O3. The Morgan fingerprint density at radius 1 is 1.08 bits per heavy atom. The van der Waals surface area contributed by atoms with E-state index in [1.165, 1.54) is 0 Å². The van der Waals surface area contributed by atoms with Crippen LogP contribution in [0.5, 0.6) is 11.5 Å². The number of aromatic nitrogens is 2. The Morgan fingerprint density at radius 3 is 2.68 bits per heavy atom. The van der Waals surface area contributed by atoms with Crippen LogP contribution in [-0.2, 0) is 17.9 Å². The van der Waals surface area contributed by atoms with Gasteiger partial charge in [0.15, 0.2) is 18.1 Å². The van der Waals surface area contributed by atoms with Crippen LogP contribution in [0.2, 0.25) is 0 Å². The standard InChI is InChI=1S/C19H19N3O3/c1-24-16-8-4-5-9-17(16)25-13-19(23)21-10-11-22-15-7-3-2-6-14(15)20-18(22)12-21/h2-9H,10-13H2,1H3. The number of ether oxygens (including phenoxy) is 2. The van der Waals surface area contributed by atoms with Crippen LogP contribution in [0.1, 0.15) is 5.82 Å². The molecule has 0 atom stereocenters. The predicted octanol–water partition coefficient (Wildman–Crippen LogP) is 2.47. The highest BCUT2D eigenvalue weighted by molar-refractivity contribution is 5.79. The Hall–Kier alpha value is -3.02.